The molecular weight excluding hydrogens is 282 g/mol. The van der Waals surface area contributed by atoms with Crippen molar-refractivity contribution in [2.24, 2.45) is 0 Å². The summed E-state index contributed by atoms with van der Waals surface area (Å²) < 4.78 is 26.8. The summed E-state index contributed by atoms with van der Waals surface area (Å²) in [4.78, 5) is 2.69. The number of piperidine rings is 1. The van der Waals surface area contributed by atoms with Crippen LogP contribution in [0.1, 0.15) is 24.1 Å². The Bertz CT molecular complexity index is 554. The second kappa shape index (κ2) is 6.48. The van der Waals surface area contributed by atoms with Crippen LogP contribution in [0, 0.1) is 11.3 Å². The highest BCUT2D eigenvalue weighted by Crippen LogP contribution is 2.20. The molecule has 0 spiro atoms. The molecule has 1 aromatic heterocycles. The van der Waals surface area contributed by atoms with Crippen LogP contribution in [0.2, 0.25) is 0 Å². The van der Waals surface area contributed by atoms with Gasteiger partial charge in [-0.25, -0.2) is 13.1 Å². The quantitative estimate of drug-likeness (QED) is 0.891. The minimum atomic E-state index is -3.46. The lowest BCUT2D eigenvalue weighted by atomic mass is 10.1. The van der Waals surface area contributed by atoms with E-state index in [4.69, 9.17) is 5.26 Å². The minimum absolute atomic E-state index is 0.211. The Labute approximate surface area is 117 Å². The molecule has 7 heteroatoms. The lowest BCUT2D eigenvalue weighted by Crippen LogP contribution is -2.37. The van der Waals surface area contributed by atoms with Crippen LogP contribution < -0.4 is 4.72 Å². The van der Waals surface area contributed by atoms with Crippen molar-refractivity contribution in [2.75, 3.05) is 26.2 Å². The Hall–Kier alpha value is -0.940. The first-order chi connectivity index (χ1) is 9.12. The van der Waals surface area contributed by atoms with E-state index in [1.54, 1.807) is 0 Å². The molecule has 19 heavy (non-hydrogen) atoms. The van der Waals surface area contributed by atoms with Gasteiger partial charge >= 0.3 is 0 Å². The van der Waals surface area contributed by atoms with E-state index in [-0.39, 0.29) is 4.21 Å². The van der Waals surface area contributed by atoms with Crippen molar-refractivity contribution in [1.82, 2.24) is 9.62 Å². The Morgan fingerprint density at radius 2 is 2.05 bits per heavy atom. The van der Waals surface area contributed by atoms with Gasteiger partial charge in [0.1, 0.15) is 15.2 Å². The second-order valence-corrected chi connectivity index (χ2v) is 7.61. The molecule has 1 aliphatic rings. The molecule has 5 nitrogen and oxygen atoms in total. The first-order valence-electron chi connectivity index (χ1n) is 6.34. The summed E-state index contributed by atoms with van der Waals surface area (Å²) >= 11 is 1.00. The Balaban J connectivity index is 1.85. The van der Waals surface area contributed by atoms with Crippen molar-refractivity contribution in [2.45, 2.75) is 23.5 Å². The molecule has 1 fully saturated rings. The molecule has 1 aliphatic heterocycles. The molecule has 0 aliphatic carbocycles. The average Bonchev–Trinajstić information content (AvgIpc) is 2.89. The third kappa shape index (κ3) is 4.01. The van der Waals surface area contributed by atoms with Crippen molar-refractivity contribution in [3.05, 3.63) is 17.0 Å². The highest BCUT2D eigenvalue weighted by atomic mass is 32.2. The fourth-order valence-corrected chi connectivity index (χ4v) is 4.29. The van der Waals surface area contributed by atoms with E-state index >= 15 is 0 Å². The summed E-state index contributed by atoms with van der Waals surface area (Å²) in [5, 5.41) is 8.70. The van der Waals surface area contributed by atoms with Gasteiger partial charge < -0.3 is 4.90 Å². The molecule has 2 rings (SSSR count). The number of hydrogen-bond donors (Lipinski definition) is 1. The minimum Gasteiger partial charge on any atom is -0.302 e. The number of nitriles is 1. The van der Waals surface area contributed by atoms with Gasteiger partial charge in [0.25, 0.3) is 0 Å². The van der Waals surface area contributed by atoms with Crippen LogP contribution in [0.5, 0.6) is 0 Å². The van der Waals surface area contributed by atoms with Crippen LogP contribution in [-0.2, 0) is 10.0 Å². The lowest BCUT2D eigenvalue weighted by molar-refractivity contribution is 0.233. The summed E-state index contributed by atoms with van der Waals surface area (Å²) in [6.45, 7) is 3.27. The van der Waals surface area contributed by atoms with Gasteiger partial charge in [0, 0.05) is 13.1 Å². The van der Waals surface area contributed by atoms with E-state index in [1.165, 1.54) is 31.4 Å². The molecule has 1 aromatic rings. The SMILES string of the molecule is N#Cc1ccc(S(=O)(=O)NCCN2CCCCC2)s1. The summed E-state index contributed by atoms with van der Waals surface area (Å²) in [7, 11) is -3.46. The zero-order valence-electron chi connectivity index (χ0n) is 10.6. The van der Waals surface area contributed by atoms with Crippen molar-refractivity contribution in [1.29, 1.82) is 5.26 Å². The van der Waals surface area contributed by atoms with Gasteiger partial charge in [-0.3, -0.25) is 0 Å². The largest absolute Gasteiger partial charge is 0.302 e. The van der Waals surface area contributed by atoms with Gasteiger partial charge in [-0.15, -0.1) is 11.3 Å². The second-order valence-electron chi connectivity index (χ2n) is 4.53. The molecular formula is C12H17N3O2S2. The summed E-state index contributed by atoms with van der Waals surface area (Å²) in [6, 6.07) is 4.96. The zero-order valence-corrected chi connectivity index (χ0v) is 12.3. The summed E-state index contributed by atoms with van der Waals surface area (Å²) in [6.07, 6.45) is 3.67. The predicted molar refractivity (Wildman–Crippen MR) is 74.5 cm³/mol. The predicted octanol–water partition coefficient (Wildman–Crippen LogP) is 1.38. The Morgan fingerprint density at radius 1 is 1.32 bits per heavy atom. The smallest absolute Gasteiger partial charge is 0.250 e. The van der Waals surface area contributed by atoms with Crippen LogP contribution in [0.4, 0.5) is 0 Å². The third-order valence-electron chi connectivity index (χ3n) is 3.13. The van der Waals surface area contributed by atoms with Gasteiger partial charge in [0.05, 0.1) is 0 Å². The van der Waals surface area contributed by atoms with Crippen molar-refractivity contribution >= 4 is 21.4 Å². The number of sulfonamides is 1. The van der Waals surface area contributed by atoms with Crippen molar-refractivity contribution in [3.63, 3.8) is 0 Å². The highest BCUT2D eigenvalue weighted by molar-refractivity contribution is 7.91. The maximum absolute atomic E-state index is 12.0. The van der Waals surface area contributed by atoms with Crippen molar-refractivity contribution < 1.29 is 8.42 Å². The standard InChI is InChI=1S/C12H17N3O2S2/c13-10-11-4-5-12(18-11)19(16,17)14-6-9-15-7-2-1-3-8-15/h4-5,14H,1-3,6-9H2. The first-order valence-corrected chi connectivity index (χ1v) is 8.64. The molecule has 0 saturated carbocycles. The first kappa shape index (κ1) is 14.5. The number of hydrogen-bond acceptors (Lipinski definition) is 5. The third-order valence-corrected chi connectivity index (χ3v) is 6.07. The van der Waals surface area contributed by atoms with E-state index in [0.29, 0.717) is 11.4 Å². The number of nitrogens with zero attached hydrogens (tertiary/aromatic N) is 2. The average molecular weight is 299 g/mol. The van der Waals surface area contributed by atoms with E-state index in [9.17, 15) is 8.42 Å². The van der Waals surface area contributed by atoms with Gasteiger partial charge in [-0.1, -0.05) is 6.42 Å². The van der Waals surface area contributed by atoms with Crippen molar-refractivity contribution in [3.8, 4) is 6.07 Å². The number of nitrogens with one attached hydrogen (secondary N) is 1. The van der Waals surface area contributed by atoms with Gasteiger partial charge in [0.2, 0.25) is 10.0 Å². The summed E-state index contributed by atoms with van der Waals surface area (Å²) in [5.74, 6) is 0. The van der Waals surface area contributed by atoms with Gasteiger partial charge in [-0.2, -0.15) is 5.26 Å². The summed E-state index contributed by atoms with van der Waals surface area (Å²) in [5.41, 5.74) is 0. The fraction of sp³-hybridized carbons (Fsp3) is 0.583. The lowest BCUT2D eigenvalue weighted by Gasteiger charge is -2.26. The number of thiophene rings is 1. The maximum atomic E-state index is 12.0. The van der Waals surface area contributed by atoms with E-state index in [0.717, 1.165) is 31.0 Å². The van der Waals surface area contributed by atoms with Crippen LogP contribution >= 0.6 is 11.3 Å². The van der Waals surface area contributed by atoms with E-state index < -0.39 is 10.0 Å². The highest BCUT2D eigenvalue weighted by Gasteiger charge is 2.17. The zero-order chi connectivity index (χ0) is 13.7. The van der Waals surface area contributed by atoms with Crippen LogP contribution in [0.15, 0.2) is 16.3 Å². The molecule has 2 heterocycles. The number of likely N-dealkylation sites (tertiary alicyclic amines) is 1. The molecule has 0 bridgehead atoms. The van der Waals surface area contributed by atoms with E-state index in [1.807, 2.05) is 6.07 Å². The number of rotatable bonds is 5. The van der Waals surface area contributed by atoms with Crippen LogP contribution in [0.25, 0.3) is 0 Å². The normalized spacial score (nSPS) is 17.2. The monoisotopic (exact) mass is 299 g/mol. The van der Waals surface area contributed by atoms with Crippen LogP contribution in [0.3, 0.4) is 0 Å². The fourth-order valence-electron chi connectivity index (χ4n) is 2.12. The molecule has 0 unspecified atom stereocenters. The topological polar surface area (TPSA) is 73.2 Å². The molecule has 0 atom stereocenters. The molecule has 0 aromatic carbocycles. The van der Waals surface area contributed by atoms with E-state index in [2.05, 4.69) is 9.62 Å². The Morgan fingerprint density at radius 3 is 2.68 bits per heavy atom. The van der Waals surface area contributed by atoms with Crippen LogP contribution in [-0.4, -0.2) is 39.5 Å². The maximum Gasteiger partial charge on any atom is 0.250 e. The molecule has 104 valence electrons. The molecule has 0 amide bonds. The molecule has 1 saturated heterocycles. The molecule has 1 N–H and O–H groups in total. The Kier molecular flexibility index (Phi) is 4.93. The van der Waals surface area contributed by atoms with Gasteiger partial charge in [0.15, 0.2) is 0 Å². The van der Waals surface area contributed by atoms with Gasteiger partial charge in [-0.05, 0) is 38.1 Å². The molecule has 0 radical (unpaired) electrons.